The molecule has 0 radical (unpaired) electrons. The summed E-state index contributed by atoms with van der Waals surface area (Å²) in [6.07, 6.45) is 0. The average Bonchev–Trinajstić information content (AvgIpc) is 3.53. The van der Waals surface area contributed by atoms with Crippen molar-refractivity contribution in [3.05, 3.63) is 248 Å². The third-order valence-corrected chi connectivity index (χ3v) is 11.5. The van der Waals surface area contributed by atoms with Gasteiger partial charge in [-0.05, 0) is 126 Å². The van der Waals surface area contributed by atoms with Crippen LogP contribution in [0.2, 0.25) is 0 Å². The highest BCUT2D eigenvalue weighted by atomic mass is 19.1. The van der Waals surface area contributed by atoms with Gasteiger partial charge in [0.1, 0.15) is 23.3 Å². The number of rotatable bonds is 8. The third-order valence-electron chi connectivity index (χ3n) is 11.5. The van der Waals surface area contributed by atoms with Gasteiger partial charge in [0.15, 0.2) is 0 Å². The summed E-state index contributed by atoms with van der Waals surface area (Å²) in [6.45, 7) is 8.22. The van der Waals surface area contributed by atoms with E-state index >= 15 is 0 Å². The Hall–Kier alpha value is -6.92. The first kappa shape index (κ1) is 38.6. The molecule has 0 amide bonds. The van der Waals surface area contributed by atoms with E-state index in [2.05, 4.69) is 69.3 Å². The van der Waals surface area contributed by atoms with Crippen molar-refractivity contribution < 1.29 is 17.6 Å². The van der Waals surface area contributed by atoms with Gasteiger partial charge in [-0.3, -0.25) is 0 Å². The Labute approximate surface area is 347 Å². The van der Waals surface area contributed by atoms with Crippen molar-refractivity contribution in [2.75, 3.05) is 0 Å². The summed E-state index contributed by atoms with van der Waals surface area (Å²) in [5.41, 5.74) is 13.6. The fourth-order valence-electron chi connectivity index (χ4n) is 8.92. The number of aryl methyl sites for hydroxylation is 4. The maximum atomic E-state index is 14.6. The highest BCUT2D eigenvalue weighted by molar-refractivity contribution is 6.61. The largest absolute Gasteiger partial charge is 0.246 e. The Kier molecular flexibility index (Phi) is 10.1. The van der Waals surface area contributed by atoms with E-state index in [1.54, 1.807) is 48.5 Å². The molecule has 9 rings (SSSR count). The lowest BCUT2D eigenvalue weighted by Gasteiger charge is -2.27. The summed E-state index contributed by atoms with van der Waals surface area (Å²) in [4.78, 5) is 11.3. The Balaban J connectivity index is 1.42. The number of benzene rings is 8. The lowest BCUT2D eigenvalue weighted by Crippen LogP contribution is -2.14. The Bertz CT molecular complexity index is 2750. The lowest BCUT2D eigenvalue weighted by molar-refractivity contribution is 0.625. The molecule has 0 aliphatic heterocycles. The fraction of sp³-hybridized carbons (Fsp3) is 0.111. The molecule has 0 N–H and O–H groups in total. The maximum Gasteiger partial charge on any atom is 0.123 e. The number of hydrogen-bond acceptors (Lipinski definition) is 2. The zero-order valence-electron chi connectivity index (χ0n) is 33.6. The van der Waals surface area contributed by atoms with E-state index in [1.165, 1.54) is 48.5 Å². The Morgan fingerprint density at radius 2 is 0.717 bits per heavy atom. The first-order valence-electron chi connectivity index (χ1n) is 20.0. The van der Waals surface area contributed by atoms with E-state index in [4.69, 9.17) is 9.98 Å². The van der Waals surface area contributed by atoms with Crippen molar-refractivity contribution in [1.82, 2.24) is 0 Å². The van der Waals surface area contributed by atoms with Crippen LogP contribution in [0, 0.1) is 51.0 Å². The molecular formula is C54H40F4N2. The van der Waals surface area contributed by atoms with Crippen LogP contribution in [-0.4, -0.2) is 11.4 Å². The molecule has 6 heteroatoms. The highest BCUT2D eigenvalue weighted by Crippen LogP contribution is 2.47. The van der Waals surface area contributed by atoms with Gasteiger partial charge < -0.3 is 0 Å². The number of hydrogen-bond donors (Lipinski definition) is 0. The summed E-state index contributed by atoms with van der Waals surface area (Å²) in [5, 5.41) is 2.09. The van der Waals surface area contributed by atoms with Gasteiger partial charge in [0.2, 0.25) is 0 Å². The van der Waals surface area contributed by atoms with E-state index < -0.39 is 11.8 Å². The standard InChI is InChI=1S/C54H40F4N2/c1-31-27-33(3)51(34(4)28-31)59-53-44-9-5-7-35-8-6-10-45(50(35)44)54(53)60-52-46(48(36-11-19-40(55)20-12-36)37-13-21-41(56)22-14-37)29-32(2)30-47(52)49(38-15-23-42(57)24-16-38)39-17-25-43(58)26-18-39/h5-30,48-49H,1-4H3. The third kappa shape index (κ3) is 7.23. The molecule has 8 aromatic carbocycles. The van der Waals surface area contributed by atoms with E-state index in [9.17, 15) is 17.6 Å². The quantitative estimate of drug-likeness (QED) is 0.108. The first-order chi connectivity index (χ1) is 29.0. The van der Waals surface area contributed by atoms with Gasteiger partial charge in [0, 0.05) is 28.3 Å². The number of nitrogens with zero attached hydrogens (tertiary/aromatic N) is 2. The second kappa shape index (κ2) is 15.7. The lowest BCUT2D eigenvalue weighted by atomic mass is 9.78. The van der Waals surface area contributed by atoms with Crippen LogP contribution in [0.15, 0.2) is 168 Å². The van der Waals surface area contributed by atoms with Crippen LogP contribution in [0.3, 0.4) is 0 Å². The van der Waals surface area contributed by atoms with E-state index in [0.29, 0.717) is 11.4 Å². The topological polar surface area (TPSA) is 24.7 Å². The summed E-state index contributed by atoms with van der Waals surface area (Å²) >= 11 is 0. The van der Waals surface area contributed by atoms with Crippen molar-refractivity contribution in [2.24, 2.45) is 9.98 Å². The summed E-state index contributed by atoms with van der Waals surface area (Å²) < 4.78 is 58.5. The van der Waals surface area contributed by atoms with Crippen molar-refractivity contribution in [2.45, 2.75) is 39.5 Å². The average molecular weight is 793 g/mol. The molecule has 60 heavy (non-hydrogen) atoms. The van der Waals surface area contributed by atoms with Crippen LogP contribution in [0.1, 0.15) is 78.6 Å². The van der Waals surface area contributed by atoms with Crippen molar-refractivity contribution in [1.29, 1.82) is 0 Å². The minimum atomic E-state index is -0.534. The van der Waals surface area contributed by atoms with Crippen LogP contribution in [0.25, 0.3) is 10.8 Å². The normalized spacial score (nSPS) is 13.7. The minimum Gasteiger partial charge on any atom is -0.246 e. The molecule has 8 aromatic rings. The summed E-state index contributed by atoms with van der Waals surface area (Å²) in [6, 6.07) is 46.3. The minimum absolute atomic E-state index is 0.381. The van der Waals surface area contributed by atoms with Crippen molar-refractivity contribution >= 4 is 33.6 Å². The smallest absolute Gasteiger partial charge is 0.123 e. The van der Waals surface area contributed by atoms with Crippen LogP contribution >= 0.6 is 0 Å². The van der Waals surface area contributed by atoms with Crippen LogP contribution < -0.4 is 0 Å². The molecule has 0 bridgehead atoms. The molecule has 0 heterocycles. The van der Waals surface area contributed by atoms with Gasteiger partial charge in [0.25, 0.3) is 0 Å². The van der Waals surface area contributed by atoms with Crippen molar-refractivity contribution in [3.63, 3.8) is 0 Å². The molecule has 0 aromatic heterocycles. The predicted molar refractivity (Wildman–Crippen MR) is 236 cm³/mol. The van der Waals surface area contributed by atoms with Crippen molar-refractivity contribution in [3.8, 4) is 0 Å². The molecular weight excluding hydrogens is 753 g/mol. The van der Waals surface area contributed by atoms with Gasteiger partial charge in [-0.25, -0.2) is 27.5 Å². The van der Waals surface area contributed by atoms with Crippen LogP contribution in [0.4, 0.5) is 28.9 Å². The molecule has 0 spiro atoms. The molecule has 294 valence electrons. The Morgan fingerprint density at radius 1 is 0.383 bits per heavy atom. The van der Waals surface area contributed by atoms with Gasteiger partial charge >= 0.3 is 0 Å². The number of aliphatic imine (C=N–C) groups is 2. The van der Waals surface area contributed by atoms with Gasteiger partial charge in [-0.15, -0.1) is 0 Å². The highest BCUT2D eigenvalue weighted by Gasteiger charge is 2.32. The molecule has 0 atom stereocenters. The second-order valence-corrected chi connectivity index (χ2v) is 15.7. The molecule has 0 unspecified atom stereocenters. The van der Waals surface area contributed by atoms with E-state index in [1.807, 2.05) is 19.1 Å². The van der Waals surface area contributed by atoms with Gasteiger partial charge in [-0.2, -0.15) is 0 Å². The molecule has 1 aliphatic rings. The fourth-order valence-corrected chi connectivity index (χ4v) is 8.92. The first-order valence-corrected chi connectivity index (χ1v) is 20.0. The SMILES string of the molecule is Cc1cc(C)c(N=C2C(=Nc3c(C(c4ccc(F)cc4)c4ccc(F)cc4)cc(C)cc3C(c3ccc(F)cc3)c3ccc(F)cc3)c3cccc4cccc2c34)c(C)c1. The zero-order valence-corrected chi connectivity index (χ0v) is 33.6. The number of halogens is 4. The second-order valence-electron chi connectivity index (χ2n) is 15.7. The molecule has 0 saturated heterocycles. The molecule has 1 aliphatic carbocycles. The zero-order chi connectivity index (χ0) is 41.7. The van der Waals surface area contributed by atoms with Crippen LogP contribution in [-0.2, 0) is 0 Å². The molecule has 2 nitrogen and oxygen atoms in total. The maximum absolute atomic E-state index is 14.6. The summed E-state index contributed by atoms with van der Waals surface area (Å²) in [5.74, 6) is -2.59. The summed E-state index contributed by atoms with van der Waals surface area (Å²) in [7, 11) is 0. The molecule has 0 fully saturated rings. The Morgan fingerprint density at radius 3 is 1.08 bits per heavy atom. The van der Waals surface area contributed by atoms with Gasteiger partial charge in [-0.1, -0.05) is 120 Å². The van der Waals surface area contributed by atoms with Gasteiger partial charge in [0.05, 0.1) is 22.8 Å². The predicted octanol–water partition coefficient (Wildman–Crippen LogP) is 14.2. The van der Waals surface area contributed by atoms with Crippen LogP contribution in [0.5, 0.6) is 0 Å². The molecule has 0 saturated carbocycles. The van der Waals surface area contributed by atoms with E-state index in [0.717, 1.165) is 88.9 Å². The van der Waals surface area contributed by atoms with E-state index in [-0.39, 0.29) is 23.3 Å². The monoisotopic (exact) mass is 792 g/mol.